The maximum atomic E-state index is 13.5. The van der Waals surface area contributed by atoms with Gasteiger partial charge in [-0.15, -0.1) is 0 Å². The quantitative estimate of drug-likeness (QED) is 0.728. The lowest BCUT2D eigenvalue weighted by atomic mass is 9.77. The molecule has 0 atom stereocenters. The smallest absolute Gasteiger partial charge is 0.276 e. The van der Waals surface area contributed by atoms with Gasteiger partial charge < -0.3 is 30.5 Å². The average molecular weight is 440 g/mol. The number of aromatic nitrogens is 1. The molecule has 2 amide bonds. The van der Waals surface area contributed by atoms with E-state index in [1.54, 1.807) is 25.0 Å². The van der Waals surface area contributed by atoms with Gasteiger partial charge >= 0.3 is 0 Å². The first-order chi connectivity index (χ1) is 15.4. The molecule has 0 bridgehead atoms. The molecule has 0 aliphatic carbocycles. The first-order valence-corrected chi connectivity index (χ1v) is 10.8. The molecule has 0 saturated carbocycles. The fraction of sp³-hybridized carbons (Fsp3) is 0.435. The first kappa shape index (κ1) is 21.9. The van der Waals surface area contributed by atoms with Gasteiger partial charge in [0, 0.05) is 49.6 Å². The Morgan fingerprint density at radius 2 is 1.97 bits per heavy atom. The summed E-state index contributed by atoms with van der Waals surface area (Å²) in [5, 5.41) is 3.82. The molecule has 32 heavy (non-hydrogen) atoms. The zero-order valence-electron chi connectivity index (χ0n) is 18.5. The minimum absolute atomic E-state index is 0.102. The molecule has 1 spiro atoms. The summed E-state index contributed by atoms with van der Waals surface area (Å²) >= 11 is 0. The molecule has 1 aromatic heterocycles. The molecule has 2 aliphatic heterocycles. The Kier molecular flexibility index (Phi) is 5.92. The van der Waals surface area contributed by atoms with E-state index >= 15 is 0 Å². The summed E-state index contributed by atoms with van der Waals surface area (Å²) in [5.41, 5.74) is 13.7. The summed E-state index contributed by atoms with van der Waals surface area (Å²) in [6, 6.07) is 7.29. The van der Waals surface area contributed by atoms with E-state index in [-0.39, 0.29) is 11.8 Å². The number of hydrogen-bond acceptors (Lipinski definition) is 7. The molecule has 9 heteroatoms. The Balaban J connectivity index is 1.48. The molecular weight excluding hydrogens is 410 g/mol. The van der Waals surface area contributed by atoms with Gasteiger partial charge in [0.25, 0.3) is 5.91 Å². The van der Waals surface area contributed by atoms with Crippen molar-refractivity contribution in [2.24, 2.45) is 16.9 Å². The lowest BCUT2D eigenvalue weighted by Gasteiger charge is -2.37. The predicted octanol–water partition coefficient (Wildman–Crippen LogP) is 1.91. The van der Waals surface area contributed by atoms with Gasteiger partial charge in [-0.1, -0.05) is 5.16 Å². The number of ether oxygens (including phenoxy) is 1. The van der Waals surface area contributed by atoms with Crippen LogP contribution in [0.4, 0.5) is 5.69 Å². The highest BCUT2D eigenvalue weighted by Gasteiger charge is 2.49. The van der Waals surface area contributed by atoms with Crippen LogP contribution in [0.2, 0.25) is 0 Å². The van der Waals surface area contributed by atoms with Crippen LogP contribution in [0.15, 0.2) is 35.0 Å². The maximum Gasteiger partial charge on any atom is 0.276 e. The number of nitrogens with two attached hydrogens (primary N) is 2. The van der Waals surface area contributed by atoms with Crippen LogP contribution in [-0.4, -0.2) is 55.2 Å². The molecule has 0 radical (unpaired) electrons. The van der Waals surface area contributed by atoms with Gasteiger partial charge in [-0.3, -0.25) is 9.59 Å². The summed E-state index contributed by atoms with van der Waals surface area (Å²) in [5.74, 6) is 1.18. The van der Waals surface area contributed by atoms with Gasteiger partial charge in [0.2, 0.25) is 5.91 Å². The van der Waals surface area contributed by atoms with Crippen LogP contribution in [0.5, 0.6) is 5.75 Å². The molecule has 2 saturated heterocycles. The van der Waals surface area contributed by atoms with Crippen LogP contribution in [-0.2, 0) is 4.79 Å². The van der Waals surface area contributed by atoms with E-state index < -0.39 is 5.41 Å². The van der Waals surface area contributed by atoms with Crippen molar-refractivity contribution in [3.8, 4) is 5.75 Å². The summed E-state index contributed by atoms with van der Waals surface area (Å²) in [6.45, 7) is 3.72. The molecule has 1 aromatic carbocycles. The highest BCUT2D eigenvalue weighted by molar-refractivity contribution is 6.00. The normalized spacial score (nSPS) is 18.5. The second-order valence-corrected chi connectivity index (χ2v) is 8.38. The van der Waals surface area contributed by atoms with Crippen molar-refractivity contribution in [1.82, 2.24) is 10.1 Å². The van der Waals surface area contributed by atoms with Crippen molar-refractivity contribution in [3.05, 3.63) is 47.5 Å². The van der Waals surface area contributed by atoms with Gasteiger partial charge in [0.05, 0.1) is 12.5 Å². The van der Waals surface area contributed by atoms with Crippen molar-refractivity contribution in [2.75, 3.05) is 38.2 Å². The number of carbonyl (C=O) groups is 2. The van der Waals surface area contributed by atoms with Gasteiger partial charge in [0.1, 0.15) is 11.5 Å². The monoisotopic (exact) mass is 439 g/mol. The standard InChI is InChI=1S/C23H29N5O4/c1-15-11-19(26-32-15)21(29)27-8-5-23(6-9-27)7-10-28(22(23)30)17-3-4-18(16(13-24)14-25)20(12-17)31-2/h3-4,11-13H,5-10,14,24-25H2,1-2H3/b16-13+. The zero-order valence-corrected chi connectivity index (χ0v) is 18.5. The highest BCUT2D eigenvalue weighted by Crippen LogP contribution is 2.44. The summed E-state index contributed by atoms with van der Waals surface area (Å²) in [4.78, 5) is 29.7. The number of nitrogens with zero attached hydrogens (tertiary/aromatic N) is 3. The lowest BCUT2D eigenvalue weighted by molar-refractivity contribution is -0.127. The number of likely N-dealkylation sites (tertiary alicyclic amines) is 1. The SMILES string of the molecule is COc1cc(N2CCC3(CCN(C(=O)c4cc(C)on4)CC3)C2=O)ccc1/C(=C/N)CN. The first-order valence-electron chi connectivity index (χ1n) is 10.8. The number of anilines is 1. The fourth-order valence-corrected chi connectivity index (χ4v) is 4.68. The Morgan fingerprint density at radius 3 is 2.56 bits per heavy atom. The number of carbonyl (C=O) groups excluding carboxylic acids is 2. The number of methoxy groups -OCH3 is 1. The summed E-state index contributed by atoms with van der Waals surface area (Å²) in [7, 11) is 1.59. The lowest BCUT2D eigenvalue weighted by Crippen LogP contribution is -2.46. The average Bonchev–Trinajstić information content (AvgIpc) is 3.39. The number of piperidine rings is 1. The number of amides is 2. The third-order valence-corrected chi connectivity index (χ3v) is 6.63. The topological polar surface area (TPSA) is 128 Å². The maximum absolute atomic E-state index is 13.5. The van der Waals surface area contributed by atoms with E-state index in [9.17, 15) is 9.59 Å². The van der Waals surface area contributed by atoms with Crippen LogP contribution in [0.25, 0.3) is 5.57 Å². The van der Waals surface area contributed by atoms with Gasteiger partial charge in [-0.25, -0.2) is 0 Å². The number of hydrogen-bond donors (Lipinski definition) is 2. The van der Waals surface area contributed by atoms with Crippen molar-refractivity contribution in [3.63, 3.8) is 0 Å². The largest absolute Gasteiger partial charge is 0.496 e. The van der Waals surface area contributed by atoms with Crippen LogP contribution < -0.4 is 21.1 Å². The molecule has 4 N–H and O–H groups in total. The summed E-state index contributed by atoms with van der Waals surface area (Å²) < 4.78 is 10.6. The Labute approximate surface area is 186 Å². The summed E-state index contributed by atoms with van der Waals surface area (Å²) in [6.07, 6.45) is 3.50. The Morgan fingerprint density at radius 1 is 1.25 bits per heavy atom. The van der Waals surface area contributed by atoms with E-state index in [0.717, 1.165) is 23.2 Å². The molecule has 170 valence electrons. The van der Waals surface area contributed by atoms with E-state index in [2.05, 4.69) is 5.16 Å². The van der Waals surface area contributed by atoms with Crippen LogP contribution in [0.3, 0.4) is 0 Å². The van der Waals surface area contributed by atoms with Crippen molar-refractivity contribution in [2.45, 2.75) is 26.2 Å². The molecule has 4 rings (SSSR count). The van der Waals surface area contributed by atoms with Crippen LogP contribution in [0.1, 0.15) is 41.1 Å². The predicted molar refractivity (Wildman–Crippen MR) is 120 cm³/mol. The Hall–Kier alpha value is -3.33. The molecular formula is C23H29N5O4. The second-order valence-electron chi connectivity index (χ2n) is 8.38. The number of rotatable bonds is 5. The van der Waals surface area contributed by atoms with E-state index in [1.807, 2.05) is 23.1 Å². The Bertz CT molecular complexity index is 1050. The van der Waals surface area contributed by atoms with E-state index in [4.69, 9.17) is 20.7 Å². The third-order valence-electron chi connectivity index (χ3n) is 6.63. The van der Waals surface area contributed by atoms with Gasteiger partial charge in [-0.05, 0) is 50.1 Å². The van der Waals surface area contributed by atoms with Crippen LogP contribution in [0, 0.1) is 12.3 Å². The van der Waals surface area contributed by atoms with Crippen LogP contribution >= 0.6 is 0 Å². The second kappa shape index (κ2) is 8.66. The number of benzene rings is 1. The third kappa shape index (κ3) is 3.73. The molecule has 3 heterocycles. The minimum atomic E-state index is -0.442. The minimum Gasteiger partial charge on any atom is -0.496 e. The number of aryl methyl sites for hydroxylation is 1. The molecule has 2 aromatic rings. The zero-order chi connectivity index (χ0) is 22.9. The van der Waals surface area contributed by atoms with E-state index in [0.29, 0.717) is 56.2 Å². The van der Waals surface area contributed by atoms with Gasteiger partial charge in [-0.2, -0.15) is 0 Å². The molecule has 2 fully saturated rings. The fourth-order valence-electron chi connectivity index (χ4n) is 4.68. The molecule has 2 aliphatic rings. The van der Waals surface area contributed by atoms with Crippen molar-refractivity contribution < 1.29 is 18.8 Å². The van der Waals surface area contributed by atoms with Gasteiger partial charge in [0.15, 0.2) is 5.69 Å². The molecule has 0 unspecified atom stereocenters. The van der Waals surface area contributed by atoms with Crippen molar-refractivity contribution >= 4 is 23.1 Å². The highest BCUT2D eigenvalue weighted by atomic mass is 16.5. The van der Waals surface area contributed by atoms with E-state index in [1.165, 1.54) is 6.20 Å². The van der Waals surface area contributed by atoms with Crippen molar-refractivity contribution in [1.29, 1.82) is 0 Å². The molecule has 9 nitrogen and oxygen atoms in total.